The zero-order valence-electron chi connectivity index (χ0n) is 12.0. The van der Waals surface area contributed by atoms with Crippen LogP contribution in [0.2, 0.25) is 0 Å². The zero-order chi connectivity index (χ0) is 13.0. The van der Waals surface area contributed by atoms with Crippen molar-refractivity contribution in [1.82, 2.24) is 4.90 Å². The quantitative estimate of drug-likeness (QED) is 0.802. The van der Waals surface area contributed by atoms with E-state index in [1.807, 2.05) is 0 Å². The summed E-state index contributed by atoms with van der Waals surface area (Å²) in [4.78, 5) is 2.76. The summed E-state index contributed by atoms with van der Waals surface area (Å²) < 4.78 is 5.85. The average molecular weight is 257 g/mol. The lowest BCUT2D eigenvalue weighted by Crippen LogP contribution is -2.39. The van der Waals surface area contributed by atoms with E-state index < -0.39 is 0 Å². The standard InChI is InChI=1S/C17H23NO/c1-12(2)9-17-7-4-8-18(17)15-11-19-10-13-5-3-6-14(17)16(13)15/h3,5-6,12,15H,4,7-11H2,1-2H3. The molecule has 4 rings (SSSR count). The molecule has 1 fully saturated rings. The lowest BCUT2D eigenvalue weighted by atomic mass is 9.80. The molecule has 1 aromatic carbocycles. The molecule has 0 radical (unpaired) electrons. The van der Waals surface area contributed by atoms with Crippen molar-refractivity contribution in [3.63, 3.8) is 0 Å². The molecule has 102 valence electrons. The number of hydrogen-bond donors (Lipinski definition) is 0. The van der Waals surface area contributed by atoms with Gasteiger partial charge in [-0.3, -0.25) is 4.90 Å². The molecule has 0 saturated carbocycles. The molecule has 1 saturated heterocycles. The summed E-state index contributed by atoms with van der Waals surface area (Å²) >= 11 is 0. The normalized spacial score (nSPS) is 32.7. The van der Waals surface area contributed by atoms with E-state index in [0.29, 0.717) is 11.6 Å². The fourth-order valence-corrected chi connectivity index (χ4v) is 4.80. The van der Waals surface area contributed by atoms with Gasteiger partial charge in [0, 0.05) is 5.54 Å². The van der Waals surface area contributed by atoms with E-state index in [1.165, 1.54) is 31.4 Å². The van der Waals surface area contributed by atoms with Gasteiger partial charge in [-0.2, -0.15) is 0 Å². The molecule has 0 aromatic heterocycles. The van der Waals surface area contributed by atoms with Gasteiger partial charge in [0.15, 0.2) is 0 Å². The Bertz CT molecular complexity index is 510. The summed E-state index contributed by atoms with van der Waals surface area (Å²) in [6.45, 7) is 7.67. The van der Waals surface area contributed by atoms with Gasteiger partial charge in [0.1, 0.15) is 0 Å². The van der Waals surface area contributed by atoms with Gasteiger partial charge < -0.3 is 4.74 Å². The summed E-state index contributed by atoms with van der Waals surface area (Å²) in [5.74, 6) is 0.748. The Morgan fingerprint density at radius 1 is 1.42 bits per heavy atom. The van der Waals surface area contributed by atoms with Crippen molar-refractivity contribution in [2.24, 2.45) is 5.92 Å². The zero-order valence-corrected chi connectivity index (χ0v) is 12.0. The molecular formula is C17H23NO. The van der Waals surface area contributed by atoms with Gasteiger partial charge in [0.05, 0.1) is 19.3 Å². The molecule has 0 spiro atoms. The van der Waals surface area contributed by atoms with E-state index in [9.17, 15) is 0 Å². The molecule has 0 bridgehead atoms. The number of nitrogens with zero attached hydrogens (tertiary/aromatic N) is 1. The molecule has 1 aromatic rings. The van der Waals surface area contributed by atoms with Gasteiger partial charge in [-0.1, -0.05) is 32.0 Å². The highest BCUT2D eigenvalue weighted by Crippen LogP contribution is 2.56. The number of hydrogen-bond acceptors (Lipinski definition) is 2. The smallest absolute Gasteiger partial charge is 0.0721 e. The monoisotopic (exact) mass is 257 g/mol. The first kappa shape index (κ1) is 11.9. The minimum absolute atomic E-state index is 0.317. The van der Waals surface area contributed by atoms with Gasteiger partial charge in [-0.15, -0.1) is 0 Å². The van der Waals surface area contributed by atoms with Gasteiger partial charge in [0.2, 0.25) is 0 Å². The van der Waals surface area contributed by atoms with Crippen LogP contribution in [0.15, 0.2) is 18.2 Å². The average Bonchev–Trinajstić information content (AvgIpc) is 2.89. The molecule has 2 unspecified atom stereocenters. The highest BCUT2D eigenvalue weighted by Gasteiger charge is 2.53. The van der Waals surface area contributed by atoms with Crippen molar-refractivity contribution in [1.29, 1.82) is 0 Å². The lowest BCUT2D eigenvalue weighted by molar-refractivity contribution is 0.00932. The van der Waals surface area contributed by atoms with Crippen LogP contribution in [0.5, 0.6) is 0 Å². The molecule has 2 heteroatoms. The van der Waals surface area contributed by atoms with E-state index in [1.54, 1.807) is 11.1 Å². The van der Waals surface area contributed by atoms with Gasteiger partial charge in [0.25, 0.3) is 0 Å². The lowest BCUT2D eigenvalue weighted by Gasteiger charge is -2.37. The summed E-state index contributed by atoms with van der Waals surface area (Å²) in [7, 11) is 0. The third-order valence-corrected chi connectivity index (χ3v) is 5.23. The van der Waals surface area contributed by atoms with Crippen LogP contribution in [0.25, 0.3) is 0 Å². The van der Waals surface area contributed by atoms with Crippen LogP contribution >= 0.6 is 0 Å². The van der Waals surface area contributed by atoms with Crippen LogP contribution in [-0.4, -0.2) is 18.1 Å². The molecule has 19 heavy (non-hydrogen) atoms. The van der Waals surface area contributed by atoms with Crippen molar-refractivity contribution >= 4 is 0 Å². The molecule has 3 heterocycles. The van der Waals surface area contributed by atoms with Gasteiger partial charge in [-0.05, 0) is 48.4 Å². The maximum atomic E-state index is 5.85. The molecule has 0 aliphatic carbocycles. The maximum Gasteiger partial charge on any atom is 0.0721 e. The van der Waals surface area contributed by atoms with Crippen molar-refractivity contribution in [2.45, 2.75) is 51.3 Å². The van der Waals surface area contributed by atoms with Crippen LogP contribution < -0.4 is 0 Å². The van der Waals surface area contributed by atoms with Crippen molar-refractivity contribution in [3.05, 3.63) is 34.9 Å². The third-order valence-electron chi connectivity index (χ3n) is 5.23. The summed E-state index contributed by atoms with van der Waals surface area (Å²) in [5.41, 5.74) is 5.00. The van der Waals surface area contributed by atoms with E-state index in [2.05, 4.69) is 36.9 Å². The largest absolute Gasteiger partial charge is 0.375 e. The highest BCUT2D eigenvalue weighted by atomic mass is 16.5. The summed E-state index contributed by atoms with van der Waals surface area (Å²) in [5, 5.41) is 0. The van der Waals surface area contributed by atoms with Crippen LogP contribution in [0, 0.1) is 5.92 Å². The van der Waals surface area contributed by atoms with E-state index in [0.717, 1.165) is 19.1 Å². The van der Waals surface area contributed by atoms with Crippen molar-refractivity contribution < 1.29 is 4.74 Å². The Morgan fingerprint density at radius 3 is 3.16 bits per heavy atom. The first-order valence-corrected chi connectivity index (χ1v) is 7.69. The number of benzene rings is 1. The minimum atomic E-state index is 0.317. The molecular weight excluding hydrogens is 234 g/mol. The number of fused-ring (bicyclic) bond motifs is 3. The predicted octanol–water partition coefficient (Wildman–Crippen LogP) is 3.61. The van der Waals surface area contributed by atoms with Crippen LogP contribution in [0.3, 0.4) is 0 Å². The second kappa shape index (κ2) is 4.07. The van der Waals surface area contributed by atoms with E-state index >= 15 is 0 Å². The second-order valence-electron chi connectivity index (χ2n) is 6.84. The second-order valence-corrected chi connectivity index (χ2v) is 6.84. The Labute approximate surface area is 115 Å². The summed E-state index contributed by atoms with van der Waals surface area (Å²) in [6, 6.07) is 7.42. The molecule has 2 atom stereocenters. The predicted molar refractivity (Wildman–Crippen MR) is 75.9 cm³/mol. The van der Waals surface area contributed by atoms with E-state index in [-0.39, 0.29) is 0 Å². The first-order valence-electron chi connectivity index (χ1n) is 7.69. The molecule has 3 aliphatic rings. The molecule has 2 nitrogen and oxygen atoms in total. The Kier molecular flexibility index (Phi) is 2.55. The molecule has 0 N–H and O–H groups in total. The fraction of sp³-hybridized carbons (Fsp3) is 0.647. The minimum Gasteiger partial charge on any atom is -0.375 e. The highest BCUT2D eigenvalue weighted by molar-refractivity contribution is 5.48. The van der Waals surface area contributed by atoms with Crippen molar-refractivity contribution in [3.8, 4) is 0 Å². The van der Waals surface area contributed by atoms with Crippen LogP contribution in [-0.2, 0) is 16.9 Å². The Morgan fingerprint density at radius 2 is 2.32 bits per heavy atom. The first-order chi connectivity index (χ1) is 9.22. The third kappa shape index (κ3) is 1.50. The van der Waals surface area contributed by atoms with Gasteiger partial charge in [-0.25, -0.2) is 0 Å². The van der Waals surface area contributed by atoms with Crippen molar-refractivity contribution in [2.75, 3.05) is 13.2 Å². The molecule has 3 aliphatic heterocycles. The van der Waals surface area contributed by atoms with Crippen LogP contribution in [0.4, 0.5) is 0 Å². The summed E-state index contributed by atoms with van der Waals surface area (Å²) in [6.07, 6.45) is 3.96. The Hall–Kier alpha value is -0.860. The number of rotatable bonds is 2. The Balaban J connectivity index is 1.90. The topological polar surface area (TPSA) is 12.5 Å². The van der Waals surface area contributed by atoms with Gasteiger partial charge >= 0.3 is 0 Å². The fourth-order valence-electron chi connectivity index (χ4n) is 4.80. The SMILES string of the molecule is CC(C)CC12CCCN1C1COCc3cccc2c31. The van der Waals surface area contributed by atoms with Crippen LogP contribution in [0.1, 0.15) is 55.8 Å². The van der Waals surface area contributed by atoms with E-state index in [4.69, 9.17) is 4.74 Å². The molecule has 0 amide bonds. The number of ether oxygens (including phenoxy) is 1. The maximum absolute atomic E-state index is 5.85.